The molecule has 0 bridgehead atoms. The Morgan fingerprint density at radius 1 is 1.28 bits per heavy atom. The number of carbonyl (C=O) groups is 1. The topological polar surface area (TPSA) is 49.3 Å². The van der Waals surface area contributed by atoms with Crippen LogP contribution in [-0.4, -0.2) is 17.6 Å². The maximum Gasteiger partial charge on any atom is 0.229 e. The molecule has 0 saturated carbocycles. The van der Waals surface area contributed by atoms with Crippen molar-refractivity contribution in [2.45, 2.75) is 40.0 Å². The lowest BCUT2D eigenvalue weighted by Gasteiger charge is -2.18. The highest BCUT2D eigenvalue weighted by Gasteiger charge is 2.20. The average molecular weight is 249 g/mol. The number of aryl methyl sites for hydroxylation is 1. The predicted molar refractivity (Wildman–Crippen MR) is 74.6 cm³/mol. The van der Waals surface area contributed by atoms with E-state index in [2.05, 4.69) is 5.32 Å². The highest BCUT2D eigenvalue weighted by atomic mass is 16.2. The molecule has 18 heavy (non-hydrogen) atoms. The van der Waals surface area contributed by atoms with Gasteiger partial charge in [0.1, 0.15) is 0 Å². The van der Waals surface area contributed by atoms with Gasteiger partial charge in [0, 0.05) is 17.7 Å². The zero-order valence-electron chi connectivity index (χ0n) is 11.5. The molecular formula is C15H23NO2. The van der Waals surface area contributed by atoms with E-state index in [-0.39, 0.29) is 17.9 Å². The fourth-order valence-electron chi connectivity index (χ4n) is 1.56. The van der Waals surface area contributed by atoms with Crippen molar-refractivity contribution in [1.29, 1.82) is 0 Å². The molecule has 1 aromatic rings. The van der Waals surface area contributed by atoms with Gasteiger partial charge in [0.25, 0.3) is 0 Å². The molecule has 0 radical (unpaired) electrons. The molecule has 1 amide bonds. The third-order valence-corrected chi connectivity index (χ3v) is 2.74. The van der Waals surface area contributed by atoms with E-state index in [0.717, 1.165) is 24.9 Å². The largest absolute Gasteiger partial charge is 0.396 e. The molecule has 0 heterocycles. The number of anilines is 1. The molecule has 3 heteroatoms. The van der Waals surface area contributed by atoms with Gasteiger partial charge in [-0.3, -0.25) is 4.79 Å². The van der Waals surface area contributed by atoms with Gasteiger partial charge in [-0.25, -0.2) is 0 Å². The van der Waals surface area contributed by atoms with Gasteiger partial charge in [0.15, 0.2) is 0 Å². The van der Waals surface area contributed by atoms with Gasteiger partial charge in [-0.15, -0.1) is 0 Å². The molecule has 0 aliphatic carbocycles. The average Bonchev–Trinajstić information content (AvgIpc) is 2.28. The molecule has 0 aliphatic heterocycles. The SMILES string of the molecule is CC(C)(C)C(=O)Nc1cccc(CCCCO)c1. The number of carbonyl (C=O) groups excluding carboxylic acids is 1. The van der Waals surface area contributed by atoms with Gasteiger partial charge in [0.2, 0.25) is 5.91 Å². The second-order valence-electron chi connectivity index (χ2n) is 5.59. The minimum Gasteiger partial charge on any atom is -0.396 e. The molecule has 0 saturated heterocycles. The third-order valence-electron chi connectivity index (χ3n) is 2.74. The third kappa shape index (κ3) is 4.88. The molecule has 3 nitrogen and oxygen atoms in total. The fraction of sp³-hybridized carbons (Fsp3) is 0.533. The number of unbranched alkanes of at least 4 members (excludes halogenated alkanes) is 1. The van der Waals surface area contributed by atoms with Crippen molar-refractivity contribution in [1.82, 2.24) is 0 Å². The van der Waals surface area contributed by atoms with Crippen LogP contribution in [-0.2, 0) is 11.2 Å². The highest BCUT2D eigenvalue weighted by molar-refractivity contribution is 5.94. The van der Waals surface area contributed by atoms with Crippen molar-refractivity contribution in [3.05, 3.63) is 29.8 Å². The molecule has 1 rings (SSSR count). The number of aliphatic hydroxyl groups excluding tert-OH is 1. The maximum absolute atomic E-state index is 11.9. The first kappa shape index (κ1) is 14.7. The number of hydrogen-bond acceptors (Lipinski definition) is 2. The number of benzene rings is 1. The van der Waals surface area contributed by atoms with Gasteiger partial charge in [-0.1, -0.05) is 32.9 Å². The van der Waals surface area contributed by atoms with Gasteiger partial charge >= 0.3 is 0 Å². The Balaban J connectivity index is 2.62. The molecule has 0 fully saturated rings. The second kappa shape index (κ2) is 6.55. The molecule has 0 spiro atoms. The number of aliphatic hydroxyl groups is 1. The lowest BCUT2D eigenvalue weighted by Crippen LogP contribution is -2.27. The number of amides is 1. The monoisotopic (exact) mass is 249 g/mol. The van der Waals surface area contributed by atoms with Crippen LogP contribution in [0.4, 0.5) is 5.69 Å². The summed E-state index contributed by atoms with van der Waals surface area (Å²) in [6, 6.07) is 7.90. The molecule has 0 aliphatic rings. The van der Waals surface area contributed by atoms with E-state index in [1.54, 1.807) is 0 Å². The molecule has 0 unspecified atom stereocenters. The molecule has 0 aromatic heterocycles. The Hall–Kier alpha value is -1.35. The van der Waals surface area contributed by atoms with Crippen LogP contribution >= 0.6 is 0 Å². The second-order valence-corrected chi connectivity index (χ2v) is 5.59. The summed E-state index contributed by atoms with van der Waals surface area (Å²) in [5, 5.41) is 11.7. The van der Waals surface area contributed by atoms with E-state index in [9.17, 15) is 4.79 Å². The van der Waals surface area contributed by atoms with Crippen LogP contribution in [0.1, 0.15) is 39.2 Å². The first-order valence-corrected chi connectivity index (χ1v) is 6.45. The van der Waals surface area contributed by atoms with Gasteiger partial charge in [-0.05, 0) is 37.0 Å². The predicted octanol–water partition coefficient (Wildman–Crippen LogP) is 2.99. The lowest BCUT2D eigenvalue weighted by molar-refractivity contribution is -0.123. The molecule has 0 atom stereocenters. The Morgan fingerprint density at radius 3 is 2.61 bits per heavy atom. The molecular weight excluding hydrogens is 226 g/mol. The van der Waals surface area contributed by atoms with E-state index in [1.165, 1.54) is 5.56 Å². The van der Waals surface area contributed by atoms with Crippen LogP contribution in [0.15, 0.2) is 24.3 Å². The van der Waals surface area contributed by atoms with Crippen molar-refractivity contribution in [3.8, 4) is 0 Å². The zero-order chi connectivity index (χ0) is 13.6. The minimum atomic E-state index is -0.382. The molecule has 100 valence electrons. The maximum atomic E-state index is 11.9. The Labute approximate surface area is 109 Å². The van der Waals surface area contributed by atoms with Crippen LogP contribution in [0.3, 0.4) is 0 Å². The summed E-state index contributed by atoms with van der Waals surface area (Å²) in [4.78, 5) is 11.9. The van der Waals surface area contributed by atoms with Crippen molar-refractivity contribution in [2.24, 2.45) is 5.41 Å². The van der Waals surface area contributed by atoms with E-state index >= 15 is 0 Å². The van der Waals surface area contributed by atoms with Crippen LogP contribution in [0.2, 0.25) is 0 Å². The summed E-state index contributed by atoms with van der Waals surface area (Å²) in [6.07, 6.45) is 2.71. The number of nitrogens with one attached hydrogen (secondary N) is 1. The zero-order valence-corrected chi connectivity index (χ0v) is 11.5. The Morgan fingerprint density at radius 2 is 2.00 bits per heavy atom. The summed E-state index contributed by atoms with van der Waals surface area (Å²) in [7, 11) is 0. The standard InChI is InChI=1S/C15H23NO2/c1-15(2,3)14(18)16-13-9-6-8-12(11-13)7-4-5-10-17/h6,8-9,11,17H,4-5,7,10H2,1-3H3,(H,16,18). The molecule has 2 N–H and O–H groups in total. The van der Waals surface area contributed by atoms with Crippen molar-refractivity contribution < 1.29 is 9.90 Å². The van der Waals surface area contributed by atoms with E-state index < -0.39 is 0 Å². The summed E-state index contributed by atoms with van der Waals surface area (Å²) < 4.78 is 0. The summed E-state index contributed by atoms with van der Waals surface area (Å²) >= 11 is 0. The van der Waals surface area contributed by atoms with E-state index in [4.69, 9.17) is 5.11 Å². The van der Waals surface area contributed by atoms with Gasteiger partial charge < -0.3 is 10.4 Å². The summed E-state index contributed by atoms with van der Waals surface area (Å²) in [5.74, 6) is 0.0232. The van der Waals surface area contributed by atoms with Crippen LogP contribution in [0.5, 0.6) is 0 Å². The van der Waals surface area contributed by atoms with E-state index in [1.807, 2.05) is 45.0 Å². The fourth-order valence-corrected chi connectivity index (χ4v) is 1.56. The van der Waals surface area contributed by atoms with Gasteiger partial charge in [0.05, 0.1) is 0 Å². The quantitative estimate of drug-likeness (QED) is 0.788. The van der Waals surface area contributed by atoms with Crippen LogP contribution in [0.25, 0.3) is 0 Å². The smallest absolute Gasteiger partial charge is 0.229 e. The number of hydrogen-bond donors (Lipinski definition) is 2. The number of rotatable bonds is 5. The Bertz CT molecular complexity index is 394. The summed E-state index contributed by atoms with van der Waals surface area (Å²) in [6.45, 7) is 5.93. The van der Waals surface area contributed by atoms with Crippen LogP contribution < -0.4 is 5.32 Å². The van der Waals surface area contributed by atoms with Crippen molar-refractivity contribution in [2.75, 3.05) is 11.9 Å². The highest BCUT2D eigenvalue weighted by Crippen LogP contribution is 2.18. The van der Waals surface area contributed by atoms with Crippen LogP contribution in [0, 0.1) is 5.41 Å². The van der Waals surface area contributed by atoms with E-state index in [0.29, 0.717) is 0 Å². The first-order chi connectivity index (χ1) is 8.43. The summed E-state index contributed by atoms with van der Waals surface area (Å²) in [5.41, 5.74) is 1.65. The normalized spacial score (nSPS) is 11.3. The molecule has 1 aromatic carbocycles. The minimum absolute atomic E-state index is 0.0232. The lowest BCUT2D eigenvalue weighted by atomic mass is 9.95. The Kier molecular flexibility index (Phi) is 5.35. The van der Waals surface area contributed by atoms with Crippen molar-refractivity contribution in [3.63, 3.8) is 0 Å². The van der Waals surface area contributed by atoms with Crippen molar-refractivity contribution >= 4 is 11.6 Å². The first-order valence-electron chi connectivity index (χ1n) is 6.45. The van der Waals surface area contributed by atoms with Gasteiger partial charge in [-0.2, -0.15) is 0 Å².